The molecule has 7 heteroatoms. The van der Waals surface area contributed by atoms with Crippen molar-refractivity contribution in [3.63, 3.8) is 0 Å². The fraction of sp³-hybridized carbons (Fsp3) is 0.118. The van der Waals surface area contributed by atoms with Crippen LogP contribution in [-0.4, -0.2) is 28.2 Å². The van der Waals surface area contributed by atoms with Crippen LogP contribution in [-0.2, 0) is 11.2 Å². The number of carbonyl (C=O) groups excluding carboxylic acids is 1. The molecule has 0 unspecified atom stereocenters. The Balaban J connectivity index is 1.71. The van der Waals surface area contributed by atoms with E-state index in [9.17, 15) is 4.79 Å². The monoisotopic (exact) mass is 386 g/mol. The van der Waals surface area contributed by atoms with Crippen LogP contribution in [0.2, 0.25) is 0 Å². The zero-order valence-corrected chi connectivity index (χ0v) is 14.5. The number of methoxy groups -OCH3 is 1. The number of halogens is 1. The van der Waals surface area contributed by atoms with Crippen molar-refractivity contribution in [2.45, 2.75) is 6.42 Å². The lowest BCUT2D eigenvalue weighted by molar-refractivity contribution is -0.115. The number of para-hydroxylation sites is 1. The van der Waals surface area contributed by atoms with Crippen molar-refractivity contribution in [1.82, 2.24) is 15.2 Å². The first-order valence-corrected chi connectivity index (χ1v) is 8.05. The van der Waals surface area contributed by atoms with Gasteiger partial charge in [0.05, 0.1) is 13.5 Å². The second kappa shape index (κ2) is 7.27. The number of aromatic amines is 1. The first-order valence-electron chi connectivity index (χ1n) is 7.26. The third kappa shape index (κ3) is 3.62. The van der Waals surface area contributed by atoms with Crippen molar-refractivity contribution < 1.29 is 9.53 Å². The summed E-state index contributed by atoms with van der Waals surface area (Å²) in [5.74, 6) is 1.28. The van der Waals surface area contributed by atoms with Crippen molar-refractivity contribution in [2.24, 2.45) is 0 Å². The Bertz CT molecular complexity index is 863. The number of aromatic nitrogens is 3. The highest BCUT2D eigenvalue weighted by Gasteiger charge is 2.12. The number of amides is 1. The summed E-state index contributed by atoms with van der Waals surface area (Å²) in [5.41, 5.74) is 1.68. The quantitative estimate of drug-likeness (QED) is 0.703. The molecule has 0 bridgehead atoms. The number of H-pyrrole nitrogens is 1. The Morgan fingerprint density at radius 2 is 1.96 bits per heavy atom. The molecule has 0 atom stereocenters. The minimum atomic E-state index is -0.211. The molecule has 3 aromatic rings. The van der Waals surface area contributed by atoms with Gasteiger partial charge in [0.15, 0.2) is 5.82 Å². The Labute approximate surface area is 147 Å². The third-order valence-electron chi connectivity index (χ3n) is 3.41. The number of nitrogens with zero attached hydrogens (tertiary/aromatic N) is 2. The van der Waals surface area contributed by atoms with Gasteiger partial charge in [-0.25, -0.2) is 0 Å². The van der Waals surface area contributed by atoms with Gasteiger partial charge in [-0.1, -0.05) is 52.3 Å². The van der Waals surface area contributed by atoms with Crippen molar-refractivity contribution in [1.29, 1.82) is 0 Å². The normalized spacial score (nSPS) is 10.4. The fourth-order valence-corrected chi connectivity index (χ4v) is 2.75. The molecule has 0 saturated heterocycles. The fourth-order valence-electron chi connectivity index (χ4n) is 2.28. The predicted octanol–water partition coefficient (Wildman–Crippen LogP) is 3.42. The van der Waals surface area contributed by atoms with Crippen LogP contribution in [0.4, 0.5) is 5.95 Å². The molecule has 6 nitrogen and oxygen atoms in total. The van der Waals surface area contributed by atoms with E-state index in [1.54, 1.807) is 7.11 Å². The number of anilines is 1. The maximum absolute atomic E-state index is 12.2. The molecule has 1 heterocycles. The summed E-state index contributed by atoms with van der Waals surface area (Å²) in [5, 5.41) is 9.55. The molecule has 0 saturated carbocycles. The van der Waals surface area contributed by atoms with E-state index in [2.05, 4.69) is 36.4 Å². The van der Waals surface area contributed by atoms with Gasteiger partial charge in [-0.15, -0.1) is 5.10 Å². The largest absolute Gasteiger partial charge is 0.496 e. The van der Waals surface area contributed by atoms with Gasteiger partial charge < -0.3 is 4.74 Å². The van der Waals surface area contributed by atoms with Crippen LogP contribution in [0.1, 0.15) is 5.56 Å². The summed E-state index contributed by atoms with van der Waals surface area (Å²) in [7, 11) is 1.58. The molecular formula is C17H15BrN4O2. The van der Waals surface area contributed by atoms with E-state index in [-0.39, 0.29) is 18.3 Å². The van der Waals surface area contributed by atoms with Gasteiger partial charge in [0.25, 0.3) is 0 Å². The van der Waals surface area contributed by atoms with Crippen LogP contribution < -0.4 is 10.1 Å². The van der Waals surface area contributed by atoms with Gasteiger partial charge in [-0.05, 0) is 12.1 Å². The summed E-state index contributed by atoms with van der Waals surface area (Å²) < 4.78 is 6.15. The van der Waals surface area contributed by atoms with Gasteiger partial charge in [0, 0.05) is 15.6 Å². The topological polar surface area (TPSA) is 79.9 Å². The Hall–Kier alpha value is -2.67. The van der Waals surface area contributed by atoms with Gasteiger partial charge >= 0.3 is 0 Å². The van der Waals surface area contributed by atoms with E-state index in [1.807, 2.05) is 48.5 Å². The predicted molar refractivity (Wildman–Crippen MR) is 94.8 cm³/mol. The molecule has 0 aliphatic carbocycles. The molecule has 122 valence electrons. The van der Waals surface area contributed by atoms with E-state index in [0.717, 1.165) is 15.6 Å². The van der Waals surface area contributed by atoms with Crippen LogP contribution in [0.15, 0.2) is 53.0 Å². The lowest BCUT2D eigenvalue weighted by Crippen LogP contribution is -2.15. The Morgan fingerprint density at radius 3 is 2.75 bits per heavy atom. The lowest BCUT2D eigenvalue weighted by atomic mass is 10.1. The number of ether oxygens (including phenoxy) is 1. The van der Waals surface area contributed by atoms with Crippen LogP contribution in [0.25, 0.3) is 11.4 Å². The Morgan fingerprint density at radius 1 is 1.21 bits per heavy atom. The summed E-state index contributed by atoms with van der Waals surface area (Å²) >= 11 is 3.46. The summed E-state index contributed by atoms with van der Waals surface area (Å²) in [6, 6.07) is 15.0. The molecule has 24 heavy (non-hydrogen) atoms. The molecule has 1 amide bonds. The minimum Gasteiger partial charge on any atom is -0.496 e. The highest BCUT2D eigenvalue weighted by atomic mass is 79.9. The van der Waals surface area contributed by atoms with Crippen LogP contribution in [0.3, 0.4) is 0 Å². The maximum Gasteiger partial charge on any atom is 0.249 e. The number of hydrogen-bond donors (Lipinski definition) is 2. The maximum atomic E-state index is 12.2. The Kier molecular flexibility index (Phi) is 4.90. The molecule has 2 N–H and O–H groups in total. The zero-order valence-electron chi connectivity index (χ0n) is 12.9. The number of benzene rings is 2. The number of carbonyl (C=O) groups is 1. The van der Waals surface area contributed by atoms with Crippen molar-refractivity contribution in [2.75, 3.05) is 12.4 Å². The van der Waals surface area contributed by atoms with Crippen LogP contribution >= 0.6 is 15.9 Å². The molecule has 0 fully saturated rings. The second-order valence-corrected chi connectivity index (χ2v) is 5.88. The van der Waals surface area contributed by atoms with Gasteiger partial charge in [-0.2, -0.15) is 4.98 Å². The van der Waals surface area contributed by atoms with Gasteiger partial charge in [-0.3, -0.25) is 15.2 Å². The van der Waals surface area contributed by atoms with Gasteiger partial charge in [0.2, 0.25) is 11.9 Å². The first-order chi connectivity index (χ1) is 11.7. The molecule has 0 aliphatic rings. The molecule has 1 aromatic heterocycles. The average molecular weight is 387 g/mol. The smallest absolute Gasteiger partial charge is 0.249 e. The van der Waals surface area contributed by atoms with Crippen molar-refractivity contribution in [3.8, 4) is 17.1 Å². The minimum absolute atomic E-state index is 0.183. The third-order valence-corrected chi connectivity index (χ3v) is 4.10. The van der Waals surface area contributed by atoms with Crippen molar-refractivity contribution in [3.05, 3.63) is 58.6 Å². The molecule has 2 aromatic carbocycles. The summed E-state index contributed by atoms with van der Waals surface area (Å²) in [6.45, 7) is 0. The van der Waals surface area contributed by atoms with E-state index in [1.165, 1.54) is 0 Å². The second-order valence-electron chi connectivity index (χ2n) is 5.02. The highest BCUT2D eigenvalue weighted by molar-refractivity contribution is 9.10. The average Bonchev–Trinajstić information content (AvgIpc) is 3.04. The van der Waals surface area contributed by atoms with E-state index in [0.29, 0.717) is 11.6 Å². The summed E-state index contributed by atoms with van der Waals surface area (Å²) in [6.07, 6.45) is 0.183. The molecule has 0 spiro atoms. The van der Waals surface area contributed by atoms with E-state index < -0.39 is 0 Å². The standard InChI is InChI=1S/C17H15BrN4O2/c1-24-14-9-5-2-6-11(14)10-15(23)19-17-20-16(21-22-17)12-7-3-4-8-13(12)18/h2-9H,10H2,1H3,(H2,19,20,21,22,23). The first kappa shape index (κ1) is 16.2. The van der Waals surface area contributed by atoms with E-state index in [4.69, 9.17) is 4.74 Å². The van der Waals surface area contributed by atoms with E-state index >= 15 is 0 Å². The number of rotatable bonds is 5. The molecule has 0 aliphatic heterocycles. The van der Waals surface area contributed by atoms with Crippen LogP contribution in [0.5, 0.6) is 5.75 Å². The van der Waals surface area contributed by atoms with Gasteiger partial charge in [0.1, 0.15) is 5.75 Å². The molecular weight excluding hydrogens is 372 g/mol. The highest BCUT2D eigenvalue weighted by Crippen LogP contribution is 2.25. The van der Waals surface area contributed by atoms with Crippen LogP contribution in [0, 0.1) is 0 Å². The van der Waals surface area contributed by atoms with Crippen molar-refractivity contribution >= 4 is 27.8 Å². The SMILES string of the molecule is COc1ccccc1CC(=O)Nc1n[nH]c(-c2ccccc2Br)n1. The molecule has 0 radical (unpaired) electrons. The summed E-state index contributed by atoms with van der Waals surface area (Å²) in [4.78, 5) is 16.5. The molecule has 3 rings (SSSR count). The number of hydrogen-bond acceptors (Lipinski definition) is 4. The lowest BCUT2D eigenvalue weighted by Gasteiger charge is -2.07. The zero-order chi connectivity index (χ0) is 16.9. The number of nitrogens with one attached hydrogen (secondary N) is 2.